The first-order valence-electron chi connectivity index (χ1n) is 4.43. The molecule has 1 aliphatic carbocycles. The molecule has 5 heteroatoms. The number of carbonyl (C=O) groups excluding carboxylic acids is 1. The normalized spacial score (nSPS) is 15.8. The Labute approximate surface area is 125 Å². The van der Waals surface area contributed by atoms with Crippen LogP contribution in [0, 0.1) is 0 Å². The fourth-order valence-electron chi connectivity index (χ4n) is 1.77. The summed E-state index contributed by atoms with van der Waals surface area (Å²) in [5.41, 5.74) is 1.08. The van der Waals surface area contributed by atoms with E-state index in [1.807, 2.05) is 0 Å². The molecule has 14 heavy (non-hydrogen) atoms. The van der Waals surface area contributed by atoms with Crippen LogP contribution in [-0.2, 0) is 7.05 Å². The van der Waals surface area contributed by atoms with Gasteiger partial charge < -0.3 is 9.90 Å². The third-order valence-corrected chi connectivity index (χ3v) is 2.70. The van der Waals surface area contributed by atoms with E-state index < -0.39 is 5.97 Å². The number of hydrogen-bond acceptors (Lipinski definition) is 3. The van der Waals surface area contributed by atoms with Gasteiger partial charge in [-0.25, -0.2) is 0 Å². The van der Waals surface area contributed by atoms with Gasteiger partial charge in [-0.3, -0.25) is 4.68 Å². The van der Waals surface area contributed by atoms with Gasteiger partial charge in [-0.2, -0.15) is 5.10 Å². The summed E-state index contributed by atoms with van der Waals surface area (Å²) < 4.78 is 1.65. The summed E-state index contributed by atoms with van der Waals surface area (Å²) in [5.74, 6) is -0.740. The predicted molar refractivity (Wildman–Crippen MR) is 44.1 cm³/mol. The Bertz CT molecular complexity index is 345. The van der Waals surface area contributed by atoms with E-state index in [1.165, 1.54) is 12.6 Å². The molecule has 1 heterocycles. The monoisotopic (exact) mass is 218 g/mol. The zero-order valence-electron chi connectivity index (χ0n) is 8.49. The van der Waals surface area contributed by atoms with E-state index in [4.69, 9.17) is 0 Å². The minimum Gasteiger partial charge on any atom is -0.545 e. The van der Waals surface area contributed by atoms with E-state index in [0.717, 1.165) is 18.5 Å². The van der Waals surface area contributed by atoms with Gasteiger partial charge in [0.15, 0.2) is 0 Å². The minimum atomic E-state index is -1.12. The van der Waals surface area contributed by atoms with E-state index in [9.17, 15) is 9.90 Å². The molecule has 0 aliphatic heterocycles. The van der Waals surface area contributed by atoms with Crippen molar-refractivity contribution >= 4 is 5.97 Å². The van der Waals surface area contributed by atoms with Gasteiger partial charge in [0.25, 0.3) is 0 Å². The van der Waals surface area contributed by atoms with Crippen molar-refractivity contribution in [1.82, 2.24) is 9.78 Å². The number of aryl methyl sites for hydroxylation is 1. The van der Waals surface area contributed by atoms with Crippen LogP contribution in [-0.4, -0.2) is 15.7 Å². The first-order valence-corrected chi connectivity index (χ1v) is 4.43. The molecule has 2 rings (SSSR count). The number of aromatic nitrogens is 2. The van der Waals surface area contributed by atoms with E-state index in [1.54, 1.807) is 11.7 Å². The fourth-order valence-corrected chi connectivity index (χ4v) is 1.77. The first-order chi connectivity index (χ1) is 6.20. The standard InChI is InChI=1S/C9H12N2O2.K/c1-11-8(6-3-2-4-6)7(5-10-11)9(12)13;/h5-6H,2-4H2,1H3,(H,12,13);/q;+1/p-1. The molecule has 1 aliphatic rings. The van der Waals surface area contributed by atoms with Crippen molar-refractivity contribution in [2.24, 2.45) is 7.05 Å². The second-order valence-electron chi connectivity index (χ2n) is 3.48. The van der Waals surface area contributed by atoms with Crippen LogP contribution in [0.25, 0.3) is 0 Å². The van der Waals surface area contributed by atoms with Gasteiger partial charge in [-0.1, -0.05) is 6.42 Å². The summed E-state index contributed by atoms with van der Waals surface area (Å²) in [4.78, 5) is 10.7. The smallest absolute Gasteiger partial charge is 0.545 e. The largest absolute Gasteiger partial charge is 1.00 e. The van der Waals surface area contributed by atoms with E-state index in [2.05, 4.69) is 5.10 Å². The van der Waals surface area contributed by atoms with Crippen molar-refractivity contribution < 1.29 is 61.3 Å². The molecule has 0 amide bonds. The molecule has 0 saturated heterocycles. The van der Waals surface area contributed by atoms with Crippen LogP contribution in [0.4, 0.5) is 0 Å². The van der Waals surface area contributed by atoms with Crippen molar-refractivity contribution in [1.29, 1.82) is 0 Å². The van der Waals surface area contributed by atoms with Crippen LogP contribution >= 0.6 is 0 Å². The maximum atomic E-state index is 10.7. The Morgan fingerprint density at radius 1 is 1.64 bits per heavy atom. The molecular weight excluding hydrogens is 207 g/mol. The van der Waals surface area contributed by atoms with E-state index >= 15 is 0 Å². The quantitative estimate of drug-likeness (QED) is 0.499. The van der Waals surface area contributed by atoms with Gasteiger partial charge in [-0.05, 0) is 12.8 Å². The van der Waals surface area contributed by atoms with Gasteiger partial charge in [0, 0.05) is 18.5 Å². The Morgan fingerprint density at radius 3 is 2.71 bits per heavy atom. The molecule has 0 bridgehead atoms. The maximum Gasteiger partial charge on any atom is 1.00 e. The number of hydrogen-bond donors (Lipinski definition) is 0. The zero-order valence-corrected chi connectivity index (χ0v) is 11.6. The van der Waals surface area contributed by atoms with Gasteiger partial charge in [-0.15, -0.1) is 0 Å². The number of carboxylic acids is 1. The Balaban J connectivity index is 0.000000980. The zero-order chi connectivity index (χ0) is 9.42. The fraction of sp³-hybridized carbons (Fsp3) is 0.556. The minimum absolute atomic E-state index is 0. The molecule has 0 atom stereocenters. The van der Waals surface area contributed by atoms with Gasteiger partial charge in [0.2, 0.25) is 0 Å². The maximum absolute atomic E-state index is 10.7. The molecule has 1 fully saturated rings. The van der Waals surface area contributed by atoms with Crippen LogP contribution in [0.5, 0.6) is 0 Å². The van der Waals surface area contributed by atoms with Crippen molar-refractivity contribution in [2.45, 2.75) is 25.2 Å². The summed E-state index contributed by atoms with van der Waals surface area (Å²) >= 11 is 0. The molecule has 0 N–H and O–H groups in total. The van der Waals surface area contributed by atoms with Crippen LogP contribution in [0.1, 0.15) is 41.2 Å². The first kappa shape index (κ1) is 12.4. The summed E-state index contributed by atoms with van der Waals surface area (Å²) in [6.45, 7) is 0. The number of nitrogens with zero attached hydrogens (tertiary/aromatic N) is 2. The van der Waals surface area contributed by atoms with Crippen LogP contribution in [0.15, 0.2) is 6.20 Å². The predicted octanol–water partition coefficient (Wildman–Crippen LogP) is -2.94. The number of carboxylic acid groups (broad SMARTS) is 1. The topological polar surface area (TPSA) is 58.0 Å². The summed E-state index contributed by atoms with van der Waals surface area (Å²) in [6, 6.07) is 0. The van der Waals surface area contributed by atoms with Crippen molar-refractivity contribution in [3.63, 3.8) is 0 Å². The molecule has 0 unspecified atom stereocenters. The van der Waals surface area contributed by atoms with Crippen LogP contribution in [0.3, 0.4) is 0 Å². The van der Waals surface area contributed by atoms with Gasteiger partial charge >= 0.3 is 51.4 Å². The third-order valence-electron chi connectivity index (χ3n) is 2.70. The third kappa shape index (κ3) is 2.11. The Hall–Kier alpha value is 0.316. The summed E-state index contributed by atoms with van der Waals surface area (Å²) in [5, 5.41) is 14.7. The molecule has 1 saturated carbocycles. The van der Waals surface area contributed by atoms with E-state index in [0.29, 0.717) is 5.92 Å². The second-order valence-corrected chi connectivity index (χ2v) is 3.48. The van der Waals surface area contributed by atoms with Crippen LogP contribution in [0.2, 0.25) is 0 Å². The number of carbonyl (C=O) groups is 1. The molecule has 0 radical (unpaired) electrons. The number of rotatable bonds is 2. The average Bonchev–Trinajstić information content (AvgIpc) is 2.30. The Kier molecular flexibility index (Phi) is 4.33. The average molecular weight is 218 g/mol. The summed E-state index contributed by atoms with van der Waals surface area (Å²) in [6.07, 6.45) is 4.70. The van der Waals surface area contributed by atoms with Gasteiger partial charge in [0.1, 0.15) is 0 Å². The molecule has 1 aromatic rings. The SMILES string of the molecule is Cn1ncc(C(=O)[O-])c1C1CCC1.[K+]. The van der Waals surface area contributed by atoms with Crippen molar-refractivity contribution in [2.75, 3.05) is 0 Å². The second kappa shape index (κ2) is 4.89. The molecule has 0 spiro atoms. The Morgan fingerprint density at radius 2 is 2.29 bits per heavy atom. The summed E-state index contributed by atoms with van der Waals surface area (Å²) in [7, 11) is 1.78. The van der Waals surface area contributed by atoms with Crippen molar-refractivity contribution in [3.8, 4) is 0 Å². The van der Waals surface area contributed by atoms with Gasteiger partial charge in [0.05, 0.1) is 17.9 Å². The van der Waals surface area contributed by atoms with E-state index in [-0.39, 0.29) is 56.9 Å². The molecule has 70 valence electrons. The number of aromatic carboxylic acids is 1. The van der Waals surface area contributed by atoms with Crippen molar-refractivity contribution in [3.05, 3.63) is 17.5 Å². The van der Waals surface area contributed by atoms with Crippen LogP contribution < -0.4 is 56.5 Å². The molecule has 1 aromatic heterocycles. The molecule has 0 aromatic carbocycles. The molecular formula is C9H11KN2O2. The molecule has 4 nitrogen and oxygen atoms in total.